The van der Waals surface area contributed by atoms with Gasteiger partial charge in [-0.05, 0) is 30.3 Å². The molecule has 0 saturated carbocycles. The molecule has 2 saturated heterocycles. The zero-order chi connectivity index (χ0) is 22.5. The Balaban J connectivity index is 1.52. The fourth-order valence-corrected chi connectivity index (χ4v) is 4.27. The Morgan fingerprint density at radius 2 is 1.59 bits per heavy atom. The van der Waals surface area contributed by atoms with E-state index in [1.54, 1.807) is 13.2 Å². The highest BCUT2D eigenvalue weighted by atomic mass is 16.5. The molecular weight excluding hydrogens is 408 g/mol. The van der Waals surface area contributed by atoms with E-state index < -0.39 is 0 Å². The van der Waals surface area contributed by atoms with Gasteiger partial charge in [-0.15, -0.1) is 0 Å². The zero-order valence-corrected chi connectivity index (χ0v) is 18.7. The van der Waals surface area contributed by atoms with Gasteiger partial charge in [0.1, 0.15) is 5.75 Å². The Bertz CT molecular complexity index is 966. The van der Waals surface area contributed by atoms with Gasteiger partial charge in [-0.1, -0.05) is 12.1 Å². The average Bonchev–Trinajstić information content (AvgIpc) is 2.84. The van der Waals surface area contributed by atoms with Gasteiger partial charge in [0, 0.05) is 51.9 Å². The van der Waals surface area contributed by atoms with E-state index in [1.807, 2.05) is 41.3 Å². The summed E-state index contributed by atoms with van der Waals surface area (Å²) in [6.45, 7) is 6.89. The van der Waals surface area contributed by atoms with Crippen LogP contribution in [-0.4, -0.2) is 76.3 Å². The lowest BCUT2D eigenvalue weighted by Crippen LogP contribution is -2.49. The van der Waals surface area contributed by atoms with E-state index in [-0.39, 0.29) is 11.8 Å². The number of morpholine rings is 1. The van der Waals surface area contributed by atoms with E-state index in [2.05, 4.69) is 15.1 Å². The second-order valence-electron chi connectivity index (χ2n) is 7.96. The molecule has 8 heteroatoms. The summed E-state index contributed by atoms with van der Waals surface area (Å²) in [4.78, 5) is 31.3. The number of nitrogens with one attached hydrogen (secondary N) is 1. The van der Waals surface area contributed by atoms with Crippen LogP contribution in [0, 0.1) is 0 Å². The standard InChI is InChI=1S/C24H30N4O4/c1-18(29)25-19-7-8-20(22(17-19)27-13-15-32-16-14-27)24(30)28-11-9-26(10-12-28)21-5-3-4-6-23(21)31-2/h3-8,17H,9-16H2,1-2H3,(H,25,29). The van der Waals surface area contributed by atoms with Gasteiger partial charge in [0.05, 0.1) is 37.3 Å². The normalized spacial score (nSPS) is 16.6. The number of nitrogens with zero attached hydrogens (tertiary/aromatic N) is 3. The molecular formula is C24H30N4O4. The van der Waals surface area contributed by atoms with E-state index in [1.165, 1.54) is 6.92 Å². The van der Waals surface area contributed by atoms with E-state index in [4.69, 9.17) is 9.47 Å². The molecule has 0 atom stereocenters. The number of carbonyl (C=O) groups is 2. The number of hydrogen-bond donors (Lipinski definition) is 1. The third-order valence-corrected chi connectivity index (χ3v) is 5.89. The number of methoxy groups -OCH3 is 1. The van der Waals surface area contributed by atoms with Gasteiger partial charge < -0.3 is 29.5 Å². The summed E-state index contributed by atoms with van der Waals surface area (Å²) < 4.78 is 11.0. The second-order valence-corrected chi connectivity index (χ2v) is 7.96. The number of rotatable bonds is 5. The molecule has 2 aliphatic heterocycles. The molecule has 0 radical (unpaired) electrons. The van der Waals surface area contributed by atoms with Crippen molar-refractivity contribution in [3.63, 3.8) is 0 Å². The van der Waals surface area contributed by atoms with Crippen LogP contribution < -0.4 is 19.9 Å². The summed E-state index contributed by atoms with van der Waals surface area (Å²) in [6.07, 6.45) is 0. The summed E-state index contributed by atoms with van der Waals surface area (Å²) in [5.41, 5.74) is 3.25. The highest BCUT2D eigenvalue weighted by molar-refractivity contribution is 6.01. The molecule has 2 amide bonds. The van der Waals surface area contributed by atoms with Crippen molar-refractivity contribution in [3.8, 4) is 5.75 Å². The van der Waals surface area contributed by atoms with Crippen molar-refractivity contribution in [1.82, 2.24) is 4.90 Å². The molecule has 4 rings (SSSR count). The van der Waals surface area contributed by atoms with Crippen molar-refractivity contribution in [2.45, 2.75) is 6.92 Å². The molecule has 2 aromatic rings. The Morgan fingerprint density at radius 3 is 2.28 bits per heavy atom. The maximum Gasteiger partial charge on any atom is 0.256 e. The van der Waals surface area contributed by atoms with Gasteiger partial charge in [-0.25, -0.2) is 0 Å². The lowest BCUT2D eigenvalue weighted by Gasteiger charge is -2.37. The maximum atomic E-state index is 13.5. The fourth-order valence-electron chi connectivity index (χ4n) is 4.27. The Hall–Kier alpha value is -3.26. The first-order chi connectivity index (χ1) is 15.6. The summed E-state index contributed by atoms with van der Waals surface area (Å²) in [7, 11) is 1.68. The maximum absolute atomic E-state index is 13.5. The molecule has 170 valence electrons. The van der Waals surface area contributed by atoms with Crippen molar-refractivity contribution in [2.24, 2.45) is 0 Å². The first-order valence-corrected chi connectivity index (χ1v) is 11.0. The first kappa shape index (κ1) is 22.0. The molecule has 0 aliphatic carbocycles. The lowest BCUT2D eigenvalue weighted by molar-refractivity contribution is -0.114. The van der Waals surface area contributed by atoms with Gasteiger partial charge >= 0.3 is 0 Å². The van der Waals surface area contributed by atoms with Crippen LogP contribution in [0.1, 0.15) is 17.3 Å². The summed E-state index contributed by atoms with van der Waals surface area (Å²) in [6, 6.07) is 13.5. The van der Waals surface area contributed by atoms with Crippen molar-refractivity contribution in [2.75, 3.05) is 74.7 Å². The van der Waals surface area contributed by atoms with E-state index in [0.717, 1.165) is 30.2 Å². The fraction of sp³-hybridized carbons (Fsp3) is 0.417. The molecule has 0 bridgehead atoms. The average molecular weight is 439 g/mol. The predicted octanol–water partition coefficient (Wildman–Crippen LogP) is 2.45. The number of para-hydroxylation sites is 2. The third-order valence-electron chi connectivity index (χ3n) is 5.89. The summed E-state index contributed by atoms with van der Waals surface area (Å²) in [5, 5.41) is 2.82. The third kappa shape index (κ3) is 4.80. The first-order valence-electron chi connectivity index (χ1n) is 11.0. The number of carbonyl (C=O) groups excluding carboxylic acids is 2. The molecule has 0 aromatic heterocycles. The monoisotopic (exact) mass is 438 g/mol. The van der Waals surface area contributed by atoms with Crippen LogP contribution in [0.15, 0.2) is 42.5 Å². The van der Waals surface area contributed by atoms with Gasteiger partial charge in [0.25, 0.3) is 5.91 Å². The number of amides is 2. The molecule has 32 heavy (non-hydrogen) atoms. The molecule has 2 heterocycles. The predicted molar refractivity (Wildman–Crippen MR) is 125 cm³/mol. The largest absolute Gasteiger partial charge is 0.495 e. The van der Waals surface area contributed by atoms with Gasteiger partial charge in [0.2, 0.25) is 5.91 Å². The lowest BCUT2D eigenvalue weighted by atomic mass is 10.1. The molecule has 2 aliphatic rings. The number of benzene rings is 2. The second kappa shape index (κ2) is 9.91. The SMILES string of the molecule is COc1ccccc1N1CCN(C(=O)c2ccc(NC(C)=O)cc2N2CCOCC2)CC1. The minimum atomic E-state index is -0.135. The van der Waals surface area contributed by atoms with Gasteiger partial charge in [-0.2, -0.15) is 0 Å². The zero-order valence-electron chi connectivity index (χ0n) is 18.7. The van der Waals surface area contributed by atoms with Crippen LogP contribution in [0.25, 0.3) is 0 Å². The minimum absolute atomic E-state index is 0.0144. The van der Waals surface area contributed by atoms with Crippen molar-refractivity contribution < 1.29 is 19.1 Å². The van der Waals surface area contributed by atoms with Crippen molar-refractivity contribution in [1.29, 1.82) is 0 Å². The van der Waals surface area contributed by atoms with Crippen LogP contribution in [-0.2, 0) is 9.53 Å². The van der Waals surface area contributed by atoms with Crippen LogP contribution >= 0.6 is 0 Å². The van der Waals surface area contributed by atoms with E-state index in [9.17, 15) is 9.59 Å². The minimum Gasteiger partial charge on any atom is -0.495 e. The quantitative estimate of drug-likeness (QED) is 0.773. The molecule has 1 N–H and O–H groups in total. The van der Waals surface area contributed by atoms with E-state index in [0.29, 0.717) is 50.6 Å². The van der Waals surface area contributed by atoms with Crippen molar-refractivity contribution >= 4 is 28.9 Å². The van der Waals surface area contributed by atoms with Crippen LogP contribution in [0.2, 0.25) is 0 Å². The Morgan fingerprint density at radius 1 is 0.906 bits per heavy atom. The number of piperazine rings is 1. The highest BCUT2D eigenvalue weighted by Gasteiger charge is 2.27. The molecule has 2 fully saturated rings. The summed E-state index contributed by atoms with van der Waals surface area (Å²) in [5.74, 6) is 0.723. The number of anilines is 3. The number of hydrogen-bond acceptors (Lipinski definition) is 6. The van der Waals surface area contributed by atoms with Crippen LogP contribution in [0.5, 0.6) is 5.75 Å². The molecule has 2 aromatic carbocycles. The molecule has 8 nitrogen and oxygen atoms in total. The topological polar surface area (TPSA) is 74.4 Å². The van der Waals surface area contributed by atoms with Crippen LogP contribution in [0.4, 0.5) is 17.1 Å². The molecule has 0 unspecified atom stereocenters. The Kier molecular flexibility index (Phi) is 6.80. The van der Waals surface area contributed by atoms with Crippen molar-refractivity contribution in [3.05, 3.63) is 48.0 Å². The molecule has 0 spiro atoms. The Labute approximate surface area is 188 Å². The number of ether oxygens (including phenoxy) is 2. The summed E-state index contributed by atoms with van der Waals surface area (Å²) >= 11 is 0. The van der Waals surface area contributed by atoms with Crippen LogP contribution in [0.3, 0.4) is 0 Å². The van der Waals surface area contributed by atoms with Gasteiger partial charge in [0.15, 0.2) is 0 Å². The smallest absolute Gasteiger partial charge is 0.256 e. The highest BCUT2D eigenvalue weighted by Crippen LogP contribution is 2.30. The van der Waals surface area contributed by atoms with E-state index >= 15 is 0 Å². The van der Waals surface area contributed by atoms with Gasteiger partial charge in [-0.3, -0.25) is 9.59 Å².